The molecule has 6 heteroatoms. The first-order valence-corrected chi connectivity index (χ1v) is 12.2. The Morgan fingerprint density at radius 2 is 1.50 bits per heavy atom. The van der Waals surface area contributed by atoms with Crippen LogP contribution in [0.15, 0.2) is 60.9 Å². The third kappa shape index (κ3) is 6.41. The van der Waals surface area contributed by atoms with Crippen LogP contribution in [0.5, 0.6) is 11.5 Å². The number of hydrogen-bond acceptors (Lipinski definition) is 6. The van der Waals surface area contributed by atoms with Crippen molar-refractivity contribution in [3.05, 3.63) is 60.9 Å². The highest BCUT2D eigenvalue weighted by Gasteiger charge is 2.45. The minimum atomic E-state index is -0.424. The first-order valence-electron chi connectivity index (χ1n) is 12.2. The topological polar surface area (TPSA) is 73.8 Å². The van der Waals surface area contributed by atoms with Crippen molar-refractivity contribution < 1.29 is 19.0 Å². The Morgan fingerprint density at radius 1 is 0.824 bits per heavy atom. The SMILES string of the molecule is CCCCCCOc1ccc(-c2ncc(-c3ccc(OC(=O)[C@@H]4O[C@@H]4CCC)cc3)cn2)cc1. The number of nitrogens with zero attached hydrogens (tertiary/aromatic N) is 2. The number of epoxide rings is 1. The fraction of sp³-hybridized carbons (Fsp3) is 0.393. The molecule has 0 bridgehead atoms. The van der Waals surface area contributed by atoms with E-state index in [2.05, 4.69) is 23.8 Å². The van der Waals surface area contributed by atoms with E-state index in [9.17, 15) is 4.79 Å². The molecule has 0 spiro atoms. The molecule has 1 aliphatic heterocycles. The van der Waals surface area contributed by atoms with Crippen LogP contribution < -0.4 is 9.47 Å². The van der Waals surface area contributed by atoms with Crippen LogP contribution in [0, 0.1) is 0 Å². The number of esters is 1. The largest absolute Gasteiger partial charge is 0.494 e. The molecule has 0 saturated carbocycles. The van der Waals surface area contributed by atoms with E-state index >= 15 is 0 Å². The molecule has 2 heterocycles. The predicted molar refractivity (Wildman–Crippen MR) is 132 cm³/mol. The maximum absolute atomic E-state index is 12.1. The molecule has 3 aromatic rings. The fourth-order valence-corrected chi connectivity index (χ4v) is 3.79. The van der Waals surface area contributed by atoms with Gasteiger partial charge in [-0.2, -0.15) is 0 Å². The molecule has 1 saturated heterocycles. The Kier molecular flexibility index (Phi) is 8.26. The molecule has 0 aliphatic carbocycles. The first kappa shape index (κ1) is 23.9. The summed E-state index contributed by atoms with van der Waals surface area (Å²) in [5.74, 6) is 1.71. The average Bonchev–Trinajstić information content (AvgIpc) is 3.65. The molecule has 0 radical (unpaired) electrons. The zero-order valence-corrected chi connectivity index (χ0v) is 19.9. The van der Waals surface area contributed by atoms with E-state index in [0.29, 0.717) is 11.6 Å². The summed E-state index contributed by atoms with van der Waals surface area (Å²) in [7, 11) is 0. The third-order valence-electron chi connectivity index (χ3n) is 5.83. The van der Waals surface area contributed by atoms with Gasteiger partial charge in [0.25, 0.3) is 0 Å². The van der Waals surface area contributed by atoms with Crippen LogP contribution in [0.3, 0.4) is 0 Å². The van der Waals surface area contributed by atoms with Crippen LogP contribution in [0.2, 0.25) is 0 Å². The van der Waals surface area contributed by atoms with E-state index in [1.807, 2.05) is 36.4 Å². The highest BCUT2D eigenvalue weighted by Crippen LogP contribution is 2.29. The minimum Gasteiger partial charge on any atom is -0.494 e. The summed E-state index contributed by atoms with van der Waals surface area (Å²) in [5.41, 5.74) is 2.78. The lowest BCUT2D eigenvalue weighted by Crippen LogP contribution is -2.17. The number of hydrogen-bond donors (Lipinski definition) is 0. The van der Waals surface area contributed by atoms with Gasteiger partial charge in [-0.3, -0.25) is 0 Å². The Morgan fingerprint density at radius 3 is 2.18 bits per heavy atom. The third-order valence-corrected chi connectivity index (χ3v) is 5.83. The Labute approximate surface area is 201 Å². The Hall–Kier alpha value is -3.25. The molecule has 34 heavy (non-hydrogen) atoms. The number of carbonyl (C=O) groups is 1. The minimum absolute atomic E-state index is 0.00622. The van der Waals surface area contributed by atoms with Gasteiger partial charge in [0.2, 0.25) is 0 Å². The number of rotatable bonds is 12. The van der Waals surface area contributed by atoms with Crippen molar-refractivity contribution in [3.63, 3.8) is 0 Å². The Balaban J connectivity index is 1.30. The van der Waals surface area contributed by atoms with E-state index < -0.39 is 6.10 Å². The van der Waals surface area contributed by atoms with E-state index in [-0.39, 0.29) is 12.1 Å². The Bertz CT molecular complexity index is 1050. The highest BCUT2D eigenvalue weighted by atomic mass is 16.6. The molecule has 6 nitrogen and oxygen atoms in total. The van der Waals surface area contributed by atoms with Crippen molar-refractivity contribution in [3.8, 4) is 34.0 Å². The zero-order valence-electron chi connectivity index (χ0n) is 19.9. The normalized spacial score (nSPS) is 16.8. The maximum atomic E-state index is 12.1. The summed E-state index contributed by atoms with van der Waals surface area (Å²) in [4.78, 5) is 21.2. The molecule has 2 aromatic carbocycles. The van der Waals surface area contributed by atoms with Crippen molar-refractivity contribution in [1.82, 2.24) is 9.97 Å². The van der Waals surface area contributed by atoms with Crippen molar-refractivity contribution in [2.24, 2.45) is 0 Å². The standard InChI is InChI=1S/C28H32N2O4/c1-3-5-6-7-17-32-23-13-11-21(12-14-23)27-29-18-22(19-30-27)20-9-15-24(16-10-20)33-28(31)26-25(34-26)8-4-2/h9-16,18-19,25-26H,3-8,17H2,1-2H3/t25-,26-/m1/s1. The molecule has 2 atom stereocenters. The lowest BCUT2D eigenvalue weighted by Gasteiger charge is -2.08. The average molecular weight is 461 g/mol. The maximum Gasteiger partial charge on any atom is 0.343 e. The smallest absolute Gasteiger partial charge is 0.343 e. The van der Waals surface area contributed by atoms with Gasteiger partial charge in [0.15, 0.2) is 11.9 Å². The van der Waals surface area contributed by atoms with Crippen molar-refractivity contribution in [2.75, 3.05) is 6.61 Å². The van der Waals surface area contributed by atoms with Crippen LogP contribution in [0.25, 0.3) is 22.5 Å². The number of ether oxygens (including phenoxy) is 3. The molecule has 1 aliphatic rings. The molecule has 1 aromatic heterocycles. The van der Waals surface area contributed by atoms with Gasteiger partial charge in [-0.25, -0.2) is 14.8 Å². The summed E-state index contributed by atoms with van der Waals surface area (Å²) >= 11 is 0. The predicted octanol–water partition coefficient (Wildman–Crippen LogP) is 6.24. The van der Waals surface area contributed by atoms with E-state index in [0.717, 1.165) is 48.3 Å². The molecule has 4 rings (SSSR count). The number of aromatic nitrogens is 2. The summed E-state index contributed by atoms with van der Waals surface area (Å²) < 4.78 is 16.6. The zero-order chi connectivity index (χ0) is 23.8. The van der Waals surface area contributed by atoms with Crippen molar-refractivity contribution in [2.45, 2.75) is 64.6 Å². The van der Waals surface area contributed by atoms with Crippen molar-refractivity contribution in [1.29, 1.82) is 0 Å². The quantitative estimate of drug-likeness (QED) is 0.138. The number of carbonyl (C=O) groups excluding carboxylic acids is 1. The second kappa shape index (κ2) is 11.7. The van der Waals surface area contributed by atoms with E-state index in [1.165, 1.54) is 19.3 Å². The molecule has 1 fully saturated rings. The van der Waals surface area contributed by atoms with E-state index in [1.54, 1.807) is 24.5 Å². The lowest BCUT2D eigenvalue weighted by atomic mass is 10.1. The van der Waals surface area contributed by atoms with Crippen LogP contribution in [0.1, 0.15) is 52.4 Å². The molecule has 0 N–H and O–H groups in total. The van der Waals surface area contributed by atoms with Gasteiger partial charge < -0.3 is 14.2 Å². The summed E-state index contributed by atoms with van der Waals surface area (Å²) in [6.45, 7) is 5.02. The van der Waals surface area contributed by atoms with Gasteiger partial charge >= 0.3 is 5.97 Å². The van der Waals surface area contributed by atoms with E-state index in [4.69, 9.17) is 14.2 Å². The van der Waals surface area contributed by atoms with Gasteiger partial charge in [-0.05, 0) is 54.8 Å². The first-order chi connectivity index (χ1) is 16.7. The lowest BCUT2D eigenvalue weighted by molar-refractivity contribution is -0.135. The molecular formula is C28H32N2O4. The highest BCUT2D eigenvalue weighted by molar-refractivity contribution is 5.80. The monoisotopic (exact) mass is 460 g/mol. The van der Waals surface area contributed by atoms with Gasteiger partial charge in [-0.15, -0.1) is 0 Å². The number of unbranched alkanes of at least 4 members (excludes halogenated alkanes) is 3. The van der Waals surface area contributed by atoms with Crippen LogP contribution >= 0.6 is 0 Å². The van der Waals surface area contributed by atoms with Gasteiger partial charge in [0.1, 0.15) is 11.5 Å². The molecule has 0 amide bonds. The molecule has 0 unspecified atom stereocenters. The number of benzene rings is 2. The fourth-order valence-electron chi connectivity index (χ4n) is 3.79. The van der Waals surface area contributed by atoms with Crippen molar-refractivity contribution >= 4 is 5.97 Å². The molecular weight excluding hydrogens is 428 g/mol. The summed E-state index contributed by atoms with van der Waals surface area (Å²) in [5, 5.41) is 0. The summed E-state index contributed by atoms with van der Waals surface area (Å²) in [6.07, 6.45) is 9.82. The second-order valence-corrected chi connectivity index (χ2v) is 8.56. The molecule has 178 valence electrons. The summed E-state index contributed by atoms with van der Waals surface area (Å²) in [6, 6.07) is 15.2. The van der Waals surface area contributed by atoms with Crippen LogP contribution in [-0.4, -0.2) is 34.8 Å². The van der Waals surface area contributed by atoms with Gasteiger partial charge in [0.05, 0.1) is 12.7 Å². The van der Waals surface area contributed by atoms with Crippen LogP contribution in [-0.2, 0) is 9.53 Å². The van der Waals surface area contributed by atoms with Crippen LogP contribution in [0.4, 0.5) is 0 Å². The second-order valence-electron chi connectivity index (χ2n) is 8.56. The van der Waals surface area contributed by atoms with Gasteiger partial charge in [0, 0.05) is 23.5 Å². The van der Waals surface area contributed by atoms with Gasteiger partial charge in [-0.1, -0.05) is 51.7 Å².